The first-order chi connectivity index (χ1) is 11.1. The fraction of sp³-hybridized carbons (Fsp3) is 0. The van der Waals surface area contributed by atoms with Crippen molar-refractivity contribution < 1.29 is 14.3 Å². The Kier molecular flexibility index (Phi) is 3.49. The number of hydrogen-bond donors (Lipinski definition) is 2. The van der Waals surface area contributed by atoms with Crippen LogP contribution < -0.4 is 10.9 Å². The van der Waals surface area contributed by atoms with E-state index in [2.05, 4.69) is 10.3 Å². The van der Waals surface area contributed by atoms with E-state index in [4.69, 9.17) is 9.68 Å². The van der Waals surface area contributed by atoms with Crippen molar-refractivity contribution in [1.29, 1.82) is 5.26 Å². The van der Waals surface area contributed by atoms with E-state index in [1.54, 1.807) is 6.07 Å². The predicted molar refractivity (Wildman–Crippen MR) is 81.1 cm³/mol. The number of nitrogens with one attached hydrogen (secondary N) is 1. The maximum absolute atomic E-state index is 12.2. The molecule has 0 aliphatic carbocycles. The van der Waals surface area contributed by atoms with Crippen LogP contribution in [0.5, 0.6) is 5.75 Å². The van der Waals surface area contributed by atoms with E-state index in [-0.39, 0.29) is 33.8 Å². The number of fused-ring (bicyclic) bond motifs is 1. The standard InChI is InChI=1S/C16H9N3O4/c17-8-9-3-1-6-14(18-9)19-15(21)11-7-10-12(20)4-2-5-13(10)23-16(11)22/h1-7,20H,(H,18,19,21). The Morgan fingerprint density at radius 3 is 2.83 bits per heavy atom. The fourth-order valence-electron chi connectivity index (χ4n) is 2.03. The minimum Gasteiger partial charge on any atom is -0.507 e. The quantitative estimate of drug-likeness (QED) is 0.700. The summed E-state index contributed by atoms with van der Waals surface area (Å²) >= 11 is 0. The largest absolute Gasteiger partial charge is 0.507 e. The van der Waals surface area contributed by atoms with Crippen molar-refractivity contribution in [2.45, 2.75) is 0 Å². The van der Waals surface area contributed by atoms with Gasteiger partial charge in [-0.05, 0) is 30.3 Å². The summed E-state index contributed by atoms with van der Waals surface area (Å²) in [6.07, 6.45) is 0. The van der Waals surface area contributed by atoms with Gasteiger partial charge < -0.3 is 14.8 Å². The number of carbonyl (C=O) groups excluding carboxylic acids is 1. The number of phenolic OH excluding ortho intramolecular Hbond substituents is 1. The van der Waals surface area contributed by atoms with Crippen LogP contribution in [-0.2, 0) is 0 Å². The Balaban J connectivity index is 2.01. The van der Waals surface area contributed by atoms with Gasteiger partial charge >= 0.3 is 5.63 Å². The Labute approximate surface area is 129 Å². The molecule has 1 amide bonds. The lowest BCUT2D eigenvalue weighted by atomic mass is 10.1. The van der Waals surface area contributed by atoms with Gasteiger partial charge in [-0.2, -0.15) is 5.26 Å². The van der Waals surface area contributed by atoms with E-state index in [1.807, 2.05) is 6.07 Å². The zero-order valence-corrected chi connectivity index (χ0v) is 11.6. The number of nitriles is 1. The van der Waals surface area contributed by atoms with Gasteiger partial charge in [0.05, 0.1) is 5.39 Å². The van der Waals surface area contributed by atoms with Gasteiger partial charge in [0.1, 0.15) is 34.5 Å². The molecule has 0 aliphatic rings. The molecule has 7 nitrogen and oxygen atoms in total. The summed E-state index contributed by atoms with van der Waals surface area (Å²) in [4.78, 5) is 28.0. The van der Waals surface area contributed by atoms with Crippen molar-refractivity contribution in [3.05, 3.63) is 64.1 Å². The lowest BCUT2D eigenvalue weighted by Crippen LogP contribution is -2.21. The van der Waals surface area contributed by atoms with E-state index >= 15 is 0 Å². The van der Waals surface area contributed by atoms with Gasteiger partial charge in [0.2, 0.25) is 0 Å². The van der Waals surface area contributed by atoms with Crippen LogP contribution in [0.4, 0.5) is 5.82 Å². The minimum absolute atomic E-state index is 0.107. The Bertz CT molecular complexity index is 1020. The van der Waals surface area contributed by atoms with Crippen LogP contribution in [0, 0.1) is 11.3 Å². The van der Waals surface area contributed by atoms with Gasteiger partial charge in [-0.3, -0.25) is 4.79 Å². The molecule has 1 aromatic carbocycles. The third-order valence-electron chi connectivity index (χ3n) is 3.10. The van der Waals surface area contributed by atoms with E-state index in [0.29, 0.717) is 0 Å². The molecule has 112 valence electrons. The fourth-order valence-corrected chi connectivity index (χ4v) is 2.03. The monoisotopic (exact) mass is 307 g/mol. The number of anilines is 1. The van der Waals surface area contributed by atoms with Crippen LogP contribution in [-0.4, -0.2) is 16.0 Å². The normalized spacial score (nSPS) is 10.2. The second-order valence-electron chi connectivity index (χ2n) is 4.61. The highest BCUT2D eigenvalue weighted by molar-refractivity contribution is 6.05. The van der Waals surface area contributed by atoms with Gasteiger partial charge in [-0.25, -0.2) is 9.78 Å². The topological polar surface area (TPSA) is 116 Å². The van der Waals surface area contributed by atoms with Crippen molar-refractivity contribution in [1.82, 2.24) is 4.98 Å². The van der Waals surface area contributed by atoms with E-state index in [0.717, 1.165) is 0 Å². The van der Waals surface area contributed by atoms with Gasteiger partial charge in [0, 0.05) is 0 Å². The number of nitrogens with zero attached hydrogens (tertiary/aromatic N) is 2. The van der Waals surface area contributed by atoms with Crippen LogP contribution in [0.25, 0.3) is 11.0 Å². The highest BCUT2D eigenvalue weighted by atomic mass is 16.4. The van der Waals surface area contributed by atoms with Crippen molar-refractivity contribution in [3.63, 3.8) is 0 Å². The highest BCUT2D eigenvalue weighted by Gasteiger charge is 2.16. The molecule has 23 heavy (non-hydrogen) atoms. The summed E-state index contributed by atoms with van der Waals surface area (Å²) in [5.41, 5.74) is -0.803. The number of hydrogen-bond acceptors (Lipinski definition) is 6. The van der Waals surface area contributed by atoms with Gasteiger partial charge in [0.15, 0.2) is 0 Å². The number of rotatable bonds is 2. The van der Waals surface area contributed by atoms with E-state index < -0.39 is 11.5 Å². The molecule has 3 rings (SSSR count). The molecule has 0 saturated carbocycles. The molecule has 3 aromatic rings. The van der Waals surface area contributed by atoms with Crippen molar-refractivity contribution in [2.24, 2.45) is 0 Å². The number of aromatic hydroxyl groups is 1. The molecule has 0 bridgehead atoms. The van der Waals surface area contributed by atoms with Gasteiger partial charge in [0.25, 0.3) is 5.91 Å². The molecule has 2 N–H and O–H groups in total. The van der Waals surface area contributed by atoms with Gasteiger partial charge in [-0.1, -0.05) is 12.1 Å². The Morgan fingerprint density at radius 1 is 1.26 bits per heavy atom. The summed E-state index contributed by atoms with van der Waals surface area (Å²) in [6, 6.07) is 12.1. The molecule has 0 radical (unpaired) electrons. The van der Waals surface area contributed by atoms with E-state index in [9.17, 15) is 14.7 Å². The first kappa shape index (κ1) is 14.3. The molecular formula is C16H9N3O4. The molecule has 2 aromatic heterocycles. The number of aromatic nitrogens is 1. The lowest BCUT2D eigenvalue weighted by Gasteiger charge is -2.05. The van der Waals surface area contributed by atoms with Gasteiger partial charge in [-0.15, -0.1) is 0 Å². The number of amides is 1. The van der Waals surface area contributed by atoms with Crippen LogP contribution in [0.3, 0.4) is 0 Å². The minimum atomic E-state index is -0.836. The summed E-state index contributed by atoms with van der Waals surface area (Å²) in [5, 5.41) is 21.2. The number of phenols is 1. The molecule has 0 fully saturated rings. The van der Waals surface area contributed by atoms with Crippen molar-refractivity contribution in [2.75, 3.05) is 5.32 Å². The van der Waals surface area contributed by atoms with Crippen LogP contribution in [0.1, 0.15) is 16.1 Å². The maximum Gasteiger partial charge on any atom is 0.349 e. The first-order valence-corrected chi connectivity index (χ1v) is 6.53. The number of benzene rings is 1. The average molecular weight is 307 g/mol. The smallest absolute Gasteiger partial charge is 0.349 e. The van der Waals surface area contributed by atoms with Crippen molar-refractivity contribution >= 4 is 22.7 Å². The molecular weight excluding hydrogens is 298 g/mol. The Hall–Kier alpha value is -3.66. The highest BCUT2D eigenvalue weighted by Crippen LogP contribution is 2.23. The summed E-state index contributed by atoms with van der Waals surface area (Å²) < 4.78 is 5.03. The maximum atomic E-state index is 12.2. The number of pyridine rings is 1. The third kappa shape index (κ3) is 2.73. The van der Waals surface area contributed by atoms with Crippen molar-refractivity contribution in [3.8, 4) is 11.8 Å². The average Bonchev–Trinajstić information content (AvgIpc) is 2.54. The first-order valence-electron chi connectivity index (χ1n) is 6.53. The molecule has 0 saturated heterocycles. The van der Waals surface area contributed by atoms with E-state index in [1.165, 1.54) is 36.4 Å². The van der Waals surface area contributed by atoms with Crippen LogP contribution >= 0.6 is 0 Å². The number of carbonyl (C=O) groups is 1. The molecule has 0 aliphatic heterocycles. The van der Waals surface area contributed by atoms with Crippen LogP contribution in [0.15, 0.2) is 51.7 Å². The van der Waals surface area contributed by atoms with Crippen LogP contribution in [0.2, 0.25) is 0 Å². The lowest BCUT2D eigenvalue weighted by molar-refractivity contribution is 0.102. The summed E-state index contributed by atoms with van der Waals surface area (Å²) in [5.74, 6) is -0.720. The zero-order chi connectivity index (χ0) is 16.4. The Morgan fingerprint density at radius 2 is 2.04 bits per heavy atom. The third-order valence-corrected chi connectivity index (χ3v) is 3.10. The molecule has 0 spiro atoms. The second kappa shape index (κ2) is 5.61. The second-order valence-corrected chi connectivity index (χ2v) is 4.61. The molecule has 7 heteroatoms. The molecule has 2 heterocycles. The summed E-state index contributed by atoms with van der Waals surface area (Å²) in [7, 11) is 0. The SMILES string of the molecule is N#Cc1cccc(NC(=O)c2cc3c(O)cccc3oc2=O)n1. The molecule has 0 unspecified atom stereocenters. The zero-order valence-electron chi connectivity index (χ0n) is 11.6. The molecule has 0 atom stereocenters. The summed E-state index contributed by atoms with van der Waals surface area (Å²) in [6.45, 7) is 0. The predicted octanol–water partition coefficient (Wildman–Crippen LogP) is 2.02.